The van der Waals surface area contributed by atoms with E-state index in [1.807, 2.05) is 0 Å². The fourth-order valence-electron chi connectivity index (χ4n) is 5.19. The monoisotopic (exact) mass is 422 g/mol. The molecule has 4 N–H and O–H groups in total. The predicted molar refractivity (Wildman–Crippen MR) is 104 cm³/mol. The van der Waals surface area contributed by atoms with Crippen LogP contribution in [0.4, 0.5) is 0 Å². The first kappa shape index (κ1) is 21.6. The molecule has 4 aliphatic rings. The van der Waals surface area contributed by atoms with E-state index < -0.39 is 64.1 Å². The fourth-order valence-corrected chi connectivity index (χ4v) is 5.49. The van der Waals surface area contributed by atoms with Crippen molar-refractivity contribution in [2.45, 2.75) is 45.0 Å². The van der Waals surface area contributed by atoms with Gasteiger partial charge in [-0.2, -0.15) is 0 Å². The van der Waals surface area contributed by atoms with Gasteiger partial charge in [-0.3, -0.25) is 14.4 Å². The lowest BCUT2D eigenvalue weighted by Gasteiger charge is -2.61. The third-order valence-electron chi connectivity index (χ3n) is 6.36. The molecule has 0 saturated heterocycles. The third kappa shape index (κ3) is 2.65. The quantitative estimate of drug-likeness (QED) is 0.228. The Kier molecular flexibility index (Phi) is 5.03. The normalized spacial score (nSPS) is 44.3. The number of aliphatic hydroxyl groups excluding tert-OH is 3. The Labute approximate surface area is 172 Å². The number of halogens is 1. The zero-order valence-corrected chi connectivity index (χ0v) is 17.0. The van der Waals surface area contributed by atoms with Crippen LogP contribution >= 0.6 is 11.6 Å². The topological polar surface area (TPSA) is 132 Å². The van der Waals surface area contributed by atoms with Gasteiger partial charge in [-0.25, -0.2) is 0 Å². The van der Waals surface area contributed by atoms with Crippen molar-refractivity contribution in [2.24, 2.45) is 16.7 Å². The molecular formula is C21H23ClO7. The number of fused-ring (bicyclic) bond motifs is 2. The number of aliphatic hydroxyl groups is 4. The van der Waals surface area contributed by atoms with Gasteiger partial charge >= 0.3 is 0 Å². The second kappa shape index (κ2) is 6.74. The highest BCUT2D eigenvalue weighted by Gasteiger charge is 2.77. The Morgan fingerprint density at radius 3 is 2.38 bits per heavy atom. The molecule has 2 bridgehead atoms. The maximum absolute atomic E-state index is 13.2. The third-order valence-corrected chi connectivity index (χ3v) is 6.66. The van der Waals surface area contributed by atoms with Crippen LogP contribution in [0.5, 0.6) is 0 Å². The summed E-state index contributed by atoms with van der Waals surface area (Å²) < 4.78 is 0. The molecule has 0 amide bonds. The molecule has 0 aromatic heterocycles. The van der Waals surface area contributed by atoms with Crippen LogP contribution < -0.4 is 0 Å². The van der Waals surface area contributed by atoms with Crippen LogP contribution in [0, 0.1) is 16.7 Å². The number of rotatable bonds is 2. The summed E-state index contributed by atoms with van der Waals surface area (Å²) in [6.45, 7) is 4.16. The average Bonchev–Trinajstić information content (AvgIpc) is 2.65. The van der Waals surface area contributed by atoms with Gasteiger partial charge in [0.2, 0.25) is 0 Å². The first-order valence-corrected chi connectivity index (χ1v) is 9.58. The summed E-state index contributed by atoms with van der Waals surface area (Å²) >= 11 is 6.02. The first-order chi connectivity index (χ1) is 13.4. The predicted octanol–water partition coefficient (Wildman–Crippen LogP) is 1.27. The molecule has 0 aliphatic heterocycles. The van der Waals surface area contributed by atoms with Gasteiger partial charge in [0.25, 0.3) is 0 Å². The van der Waals surface area contributed by atoms with E-state index in [2.05, 4.69) is 0 Å². The van der Waals surface area contributed by atoms with E-state index >= 15 is 0 Å². The van der Waals surface area contributed by atoms with Gasteiger partial charge in [0, 0.05) is 11.5 Å². The van der Waals surface area contributed by atoms with E-state index in [-0.39, 0.29) is 10.6 Å². The van der Waals surface area contributed by atoms with Gasteiger partial charge in [-0.15, -0.1) is 0 Å². The Morgan fingerprint density at radius 2 is 1.79 bits per heavy atom. The second-order valence-corrected chi connectivity index (χ2v) is 8.66. The second-order valence-electron chi connectivity index (χ2n) is 8.25. The molecule has 29 heavy (non-hydrogen) atoms. The minimum absolute atomic E-state index is 0.338. The summed E-state index contributed by atoms with van der Waals surface area (Å²) in [4.78, 5) is 39.3. The number of carbonyl (C=O) groups excluding carboxylic acids is 3. The van der Waals surface area contributed by atoms with E-state index in [4.69, 9.17) is 11.6 Å². The van der Waals surface area contributed by atoms with E-state index in [1.165, 1.54) is 19.1 Å². The Bertz CT molecular complexity index is 925. The van der Waals surface area contributed by atoms with Crippen LogP contribution in [0.1, 0.15) is 27.2 Å². The van der Waals surface area contributed by atoms with Crippen molar-refractivity contribution in [3.8, 4) is 0 Å². The lowest BCUT2D eigenvalue weighted by atomic mass is 9.40. The standard InChI is InChI=1S/C21H23ClO7/c1-4-5-6-7-11(23)13-14-20(3,29)18(28)19(2,17(13)27)9-21(14)15(25)10(22)8-12(24)16(21)26/h4-8,12,14,16,23-24,26,29H,9H2,1-3H3/b5-4+,7-6+,13-11+/t12-,14+,16-,19+,20-,21-/m0/s1. The molecule has 6 atom stereocenters. The minimum atomic E-state index is -2.26. The van der Waals surface area contributed by atoms with Crippen LogP contribution in [0.2, 0.25) is 0 Å². The number of ketones is 3. The SMILES string of the molecule is C/C=C/C=C/C(O)=C1\C(=O)[C@@]2(C)C[C@@]3(C(=O)C(Cl)=C[C@H](O)[C@@H]3O)[C@H]1[C@](C)(O)C2=O. The molecule has 3 fully saturated rings. The number of hydrogen-bond acceptors (Lipinski definition) is 7. The van der Waals surface area contributed by atoms with Crippen molar-refractivity contribution >= 4 is 29.0 Å². The van der Waals surface area contributed by atoms with Gasteiger partial charge in [-0.1, -0.05) is 29.8 Å². The van der Waals surface area contributed by atoms with E-state index in [0.29, 0.717) is 0 Å². The molecule has 0 radical (unpaired) electrons. The summed E-state index contributed by atoms with van der Waals surface area (Å²) in [7, 11) is 0. The van der Waals surface area contributed by atoms with Crippen LogP contribution in [-0.4, -0.2) is 55.6 Å². The molecule has 4 rings (SSSR count). The first-order valence-electron chi connectivity index (χ1n) is 9.20. The van der Waals surface area contributed by atoms with E-state index in [1.54, 1.807) is 19.1 Å². The van der Waals surface area contributed by atoms with Gasteiger partial charge in [0.15, 0.2) is 17.3 Å². The number of Topliss-reactive ketones (excluding diaryl/α,β-unsaturated/α-hetero) is 3. The zero-order valence-electron chi connectivity index (χ0n) is 16.2. The summed E-state index contributed by atoms with van der Waals surface area (Å²) in [6, 6.07) is 0. The molecule has 0 aromatic rings. The van der Waals surface area contributed by atoms with Crippen molar-refractivity contribution < 1.29 is 34.8 Å². The Balaban J connectivity index is 2.37. The highest BCUT2D eigenvalue weighted by Crippen LogP contribution is 2.64. The molecule has 3 saturated carbocycles. The van der Waals surface area contributed by atoms with Crippen LogP contribution in [0.15, 0.2) is 46.7 Å². The van der Waals surface area contributed by atoms with Gasteiger partial charge in [0.05, 0.1) is 22.0 Å². The van der Waals surface area contributed by atoms with Crippen LogP contribution in [0.25, 0.3) is 0 Å². The molecule has 156 valence electrons. The lowest BCUT2D eigenvalue weighted by molar-refractivity contribution is -0.203. The number of allylic oxidation sites excluding steroid dienone is 5. The molecule has 7 nitrogen and oxygen atoms in total. The van der Waals surface area contributed by atoms with Crippen molar-refractivity contribution in [2.75, 3.05) is 0 Å². The molecule has 0 aromatic carbocycles. The smallest absolute Gasteiger partial charge is 0.183 e. The number of carbonyl (C=O) groups is 3. The van der Waals surface area contributed by atoms with Gasteiger partial charge in [0.1, 0.15) is 17.5 Å². The summed E-state index contributed by atoms with van der Waals surface area (Å²) in [5, 5.41) is 42.6. The average molecular weight is 423 g/mol. The number of hydrogen-bond donors (Lipinski definition) is 4. The Morgan fingerprint density at radius 1 is 1.17 bits per heavy atom. The van der Waals surface area contributed by atoms with Crippen molar-refractivity contribution in [1.29, 1.82) is 0 Å². The molecular weight excluding hydrogens is 400 g/mol. The van der Waals surface area contributed by atoms with E-state index in [0.717, 1.165) is 13.0 Å². The molecule has 0 heterocycles. The fraction of sp³-hybridized carbons (Fsp3) is 0.476. The minimum Gasteiger partial charge on any atom is -0.508 e. The largest absolute Gasteiger partial charge is 0.508 e. The van der Waals surface area contributed by atoms with Crippen molar-refractivity contribution in [1.82, 2.24) is 0 Å². The summed E-state index contributed by atoms with van der Waals surface area (Å²) in [5.41, 5.74) is -6.44. The van der Waals surface area contributed by atoms with Crippen LogP contribution in [0.3, 0.4) is 0 Å². The maximum atomic E-state index is 13.2. The highest BCUT2D eigenvalue weighted by molar-refractivity contribution is 6.44. The molecule has 1 spiro atoms. The van der Waals surface area contributed by atoms with Crippen molar-refractivity contribution in [3.63, 3.8) is 0 Å². The van der Waals surface area contributed by atoms with E-state index in [9.17, 15) is 34.8 Å². The summed E-state index contributed by atoms with van der Waals surface area (Å²) in [5.74, 6) is -4.45. The van der Waals surface area contributed by atoms with Gasteiger partial charge in [-0.05, 0) is 39.3 Å². The highest BCUT2D eigenvalue weighted by atomic mass is 35.5. The zero-order chi connectivity index (χ0) is 21.9. The molecule has 0 unspecified atom stereocenters. The maximum Gasteiger partial charge on any atom is 0.183 e. The summed E-state index contributed by atoms with van der Waals surface area (Å²) in [6.07, 6.45) is 3.19. The van der Waals surface area contributed by atoms with Gasteiger partial charge < -0.3 is 20.4 Å². The Hall–Kier alpha value is -2.06. The van der Waals surface area contributed by atoms with Crippen LogP contribution in [-0.2, 0) is 14.4 Å². The molecule has 8 heteroatoms. The molecule has 4 aliphatic carbocycles. The van der Waals surface area contributed by atoms with Crippen molar-refractivity contribution in [3.05, 3.63) is 46.7 Å². The lowest BCUT2D eigenvalue weighted by Crippen LogP contribution is -2.75.